The van der Waals surface area contributed by atoms with Crippen LogP contribution in [0.2, 0.25) is 0 Å². The maximum atomic E-state index is 9.97. The number of methoxy groups -OCH3 is 1. The number of phenols is 1. The van der Waals surface area contributed by atoms with Crippen LogP contribution in [0, 0.1) is 0 Å². The van der Waals surface area contributed by atoms with Crippen LogP contribution in [0.3, 0.4) is 0 Å². The van der Waals surface area contributed by atoms with Crippen LogP contribution in [0.25, 0.3) is 0 Å². The maximum Gasteiger partial charge on any atom is 0.187 e. The molecule has 1 aliphatic heterocycles. The summed E-state index contributed by atoms with van der Waals surface area (Å²) in [4.78, 5) is 0. The van der Waals surface area contributed by atoms with Gasteiger partial charge in [0, 0.05) is 6.42 Å². The van der Waals surface area contributed by atoms with E-state index < -0.39 is 50.0 Å². The summed E-state index contributed by atoms with van der Waals surface area (Å²) in [6.07, 6.45) is -7.57. The topological polar surface area (TPSA) is 149 Å². The van der Waals surface area contributed by atoms with Gasteiger partial charge in [-0.25, -0.2) is 0 Å². The first-order valence-corrected chi connectivity index (χ1v) is 7.84. The Morgan fingerprint density at radius 3 is 2.44 bits per heavy atom. The van der Waals surface area contributed by atoms with Crippen LogP contribution in [-0.2, 0) is 15.9 Å². The van der Waals surface area contributed by atoms with Crippen molar-refractivity contribution in [1.82, 2.24) is 0 Å². The molecule has 1 fully saturated rings. The van der Waals surface area contributed by atoms with Crippen molar-refractivity contribution in [3.63, 3.8) is 0 Å². The molecule has 1 heterocycles. The molecule has 0 bridgehead atoms. The lowest BCUT2D eigenvalue weighted by molar-refractivity contribution is -0.313. The molecule has 6 N–H and O–H groups in total. The van der Waals surface area contributed by atoms with Crippen molar-refractivity contribution in [3.05, 3.63) is 23.8 Å². The van der Waals surface area contributed by atoms with E-state index in [1.807, 2.05) is 0 Å². The van der Waals surface area contributed by atoms with Gasteiger partial charge in [0.15, 0.2) is 17.8 Å². The van der Waals surface area contributed by atoms with Crippen molar-refractivity contribution in [3.8, 4) is 11.5 Å². The van der Waals surface area contributed by atoms with E-state index in [4.69, 9.17) is 14.2 Å². The molecular weight excluding hydrogens is 336 g/mol. The molecule has 9 nitrogen and oxygen atoms in total. The van der Waals surface area contributed by atoms with Gasteiger partial charge in [-0.1, -0.05) is 6.07 Å². The second kappa shape index (κ2) is 8.77. The highest BCUT2D eigenvalue weighted by Crippen LogP contribution is 2.28. The highest BCUT2D eigenvalue weighted by atomic mass is 16.7. The summed E-state index contributed by atoms with van der Waals surface area (Å²) in [5.74, 6) is 0.240. The van der Waals surface area contributed by atoms with E-state index in [0.717, 1.165) is 0 Å². The SMILES string of the molecule is COc1cc(C[C@H](CO)O[C@H]2O[C@H](CO)[C@@H](O)[C@H](O)[C@H]2O)ccc1O. The molecule has 142 valence electrons. The second-order valence-corrected chi connectivity index (χ2v) is 5.85. The third-order valence-electron chi connectivity index (χ3n) is 4.09. The number of hydrogen-bond donors (Lipinski definition) is 6. The molecule has 6 atom stereocenters. The van der Waals surface area contributed by atoms with Gasteiger partial charge in [-0.2, -0.15) is 0 Å². The average Bonchev–Trinajstić information content (AvgIpc) is 2.62. The minimum Gasteiger partial charge on any atom is -0.504 e. The predicted octanol–water partition coefficient (Wildman–Crippen LogP) is -1.88. The van der Waals surface area contributed by atoms with Gasteiger partial charge < -0.3 is 44.8 Å². The number of phenolic OH excluding ortho intramolecular Hbond substituents is 1. The van der Waals surface area contributed by atoms with Crippen molar-refractivity contribution in [2.75, 3.05) is 20.3 Å². The van der Waals surface area contributed by atoms with Crippen LogP contribution in [-0.4, -0.2) is 87.8 Å². The molecule has 0 aromatic heterocycles. The summed E-state index contributed by atoms with van der Waals surface area (Å²) in [7, 11) is 1.41. The van der Waals surface area contributed by atoms with Crippen molar-refractivity contribution >= 4 is 0 Å². The van der Waals surface area contributed by atoms with E-state index in [9.17, 15) is 30.6 Å². The van der Waals surface area contributed by atoms with Gasteiger partial charge in [0.1, 0.15) is 24.4 Å². The van der Waals surface area contributed by atoms with Crippen LogP contribution in [0.1, 0.15) is 5.56 Å². The number of hydrogen-bond acceptors (Lipinski definition) is 9. The van der Waals surface area contributed by atoms with E-state index in [1.54, 1.807) is 12.1 Å². The zero-order chi connectivity index (χ0) is 18.6. The van der Waals surface area contributed by atoms with Crippen LogP contribution in [0.4, 0.5) is 0 Å². The Morgan fingerprint density at radius 1 is 1.12 bits per heavy atom. The molecule has 2 rings (SSSR count). The van der Waals surface area contributed by atoms with Gasteiger partial charge in [-0.3, -0.25) is 0 Å². The molecule has 1 aromatic rings. The molecule has 0 amide bonds. The molecule has 1 saturated heterocycles. The molecule has 0 aliphatic carbocycles. The molecule has 1 aromatic carbocycles. The number of aliphatic hydroxyl groups excluding tert-OH is 5. The Kier molecular flexibility index (Phi) is 6.96. The highest BCUT2D eigenvalue weighted by Gasteiger charge is 2.44. The van der Waals surface area contributed by atoms with Crippen molar-refractivity contribution in [1.29, 1.82) is 0 Å². The Labute approximate surface area is 144 Å². The fourth-order valence-corrected chi connectivity index (χ4v) is 2.64. The number of rotatable bonds is 7. The first-order valence-electron chi connectivity index (χ1n) is 7.84. The third-order valence-corrected chi connectivity index (χ3v) is 4.09. The largest absolute Gasteiger partial charge is 0.504 e. The van der Waals surface area contributed by atoms with Gasteiger partial charge in [-0.05, 0) is 17.7 Å². The van der Waals surface area contributed by atoms with E-state index >= 15 is 0 Å². The Balaban J connectivity index is 2.05. The Bertz CT molecular complexity index is 550. The summed E-state index contributed by atoms with van der Waals surface area (Å²) in [5, 5.41) is 57.8. The van der Waals surface area contributed by atoms with E-state index in [1.165, 1.54) is 13.2 Å². The number of benzene rings is 1. The lowest BCUT2D eigenvalue weighted by Crippen LogP contribution is -2.59. The van der Waals surface area contributed by atoms with E-state index in [2.05, 4.69) is 0 Å². The monoisotopic (exact) mass is 360 g/mol. The number of aliphatic hydroxyl groups is 5. The van der Waals surface area contributed by atoms with Crippen LogP contribution in [0.15, 0.2) is 18.2 Å². The minimum atomic E-state index is -1.55. The van der Waals surface area contributed by atoms with Gasteiger partial charge in [0.25, 0.3) is 0 Å². The molecule has 0 spiro atoms. The van der Waals surface area contributed by atoms with Gasteiger partial charge in [-0.15, -0.1) is 0 Å². The quantitative estimate of drug-likeness (QED) is 0.328. The van der Waals surface area contributed by atoms with Gasteiger partial charge in [0.2, 0.25) is 0 Å². The van der Waals surface area contributed by atoms with Crippen LogP contribution >= 0.6 is 0 Å². The minimum absolute atomic E-state index is 0.0262. The van der Waals surface area contributed by atoms with Crippen molar-refractivity contribution in [2.45, 2.75) is 43.2 Å². The first-order chi connectivity index (χ1) is 11.9. The molecule has 1 aliphatic rings. The Morgan fingerprint density at radius 2 is 1.84 bits per heavy atom. The zero-order valence-electron chi connectivity index (χ0n) is 13.7. The van der Waals surface area contributed by atoms with Crippen molar-refractivity contribution < 1.29 is 44.8 Å². The second-order valence-electron chi connectivity index (χ2n) is 5.85. The smallest absolute Gasteiger partial charge is 0.187 e. The van der Waals surface area contributed by atoms with E-state index in [-0.39, 0.29) is 17.9 Å². The zero-order valence-corrected chi connectivity index (χ0v) is 13.7. The average molecular weight is 360 g/mol. The summed E-state index contributed by atoms with van der Waals surface area (Å²) in [6.45, 7) is -0.970. The standard InChI is InChI=1S/C16H24O9/c1-23-11-5-8(2-3-10(11)19)4-9(6-17)24-16-15(22)14(21)13(20)12(7-18)25-16/h2-3,5,9,12-22H,4,6-7H2,1H3/t9-,12-,13-,14+,15-,16+/m1/s1. The normalized spacial score (nSPS) is 30.9. The van der Waals surface area contributed by atoms with Crippen LogP contribution < -0.4 is 4.74 Å². The lowest BCUT2D eigenvalue weighted by atomic mass is 9.99. The summed E-state index contributed by atoms with van der Waals surface area (Å²) >= 11 is 0. The molecule has 25 heavy (non-hydrogen) atoms. The predicted molar refractivity (Wildman–Crippen MR) is 84.1 cm³/mol. The number of ether oxygens (including phenoxy) is 3. The summed E-state index contributed by atoms with van der Waals surface area (Å²) in [5.41, 5.74) is 0.693. The highest BCUT2D eigenvalue weighted by molar-refractivity contribution is 5.41. The Hall–Kier alpha value is -1.46. The fourth-order valence-electron chi connectivity index (χ4n) is 2.64. The number of aromatic hydroxyl groups is 1. The first kappa shape index (κ1) is 19.9. The van der Waals surface area contributed by atoms with Crippen molar-refractivity contribution in [2.24, 2.45) is 0 Å². The molecule has 9 heteroatoms. The third kappa shape index (κ3) is 4.59. The van der Waals surface area contributed by atoms with Gasteiger partial charge >= 0.3 is 0 Å². The summed E-state index contributed by atoms with van der Waals surface area (Å²) < 4.78 is 15.8. The molecule has 0 radical (unpaired) electrons. The lowest BCUT2D eigenvalue weighted by Gasteiger charge is -2.40. The fraction of sp³-hybridized carbons (Fsp3) is 0.625. The molecule has 0 unspecified atom stereocenters. The summed E-state index contributed by atoms with van der Waals surface area (Å²) in [6, 6.07) is 4.64. The molecule has 0 saturated carbocycles. The maximum absolute atomic E-state index is 9.97. The van der Waals surface area contributed by atoms with Crippen LogP contribution in [0.5, 0.6) is 11.5 Å². The van der Waals surface area contributed by atoms with Gasteiger partial charge in [0.05, 0.1) is 26.4 Å². The van der Waals surface area contributed by atoms with E-state index in [0.29, 0.717) is 5.56 Å². The molecular formula is C16H24O9.